The van der Waals surface area contributed by atoms with Crippen molar-refractivity contribution >= 4 is 11.9 Å². The second-order valence-corrected chi connectivity index (χ2v) is 7.46. The van der Waals surface area contributed by atoms with Crippen LogP contribution in [0.2, 0.25) is 0 Å². The Labute approximate surface area is 144 Å². The van der Waals surface area contributed by atoms with E-state index in [0.29, 0.717) is 12.6 Å². The van der Waals surface area contributed by atoms with Gasteiger partial charge in [-0.15, -0.1) is 0 Å². The van der Waals surface area contributed by atoms with Gasteiger partial charge in [0.2, 0.25) is 0 Å². The minimum atomic E-state index is -0.848. The molecule has 138 valence electrons. The van der Waals surface area contributed by atoms with Crippen LogP contribution < -0.4 is 0 Å². The topological polar surface area (TPSA) is 84.3 Å². The average Bonchev–Trinajstić information content (AvgIpc) is 2.63. The zero-order valence-electron chi connectivity index (χ0n) is 15.1. The smallest absolute Gasteiger partial charge is 0.317 e. The summed E-state index contributed by atoms with van der Waals surface area (Å²) in [6.07, 6.45) is 5.20. The molecule has 1 unspecified atom stereocenters. The maximum absolute atomic E-state index is 11.4. The number of hydrogen-bond acceptors (Lipinski definition) is 5. The molecule has 2 rings (SSSR count). The van der Waals surface area contributed by atoms with Crippen LogP contribution in [0.5, 0.6) is 0 Å². The molecule has 7 heteroatoms. The van der Waals surface area contributed by atoms with Gasteiger partial charge in [0.05, 0.1) is 13.1 Å². The third kappa shape index (κ3) is 4.07. The van der Waals surface area contributed by atoms with E-state index < -0.39 is 11.9 Å². The number of aliphatic carboxylic acids is 2. The highest BCUT2D eigenvalue weighted by molar-refractivity contribution is 5.69. The number of carboxylic acid groups (broad SMARTS) is 2. The van der Waals surface area contributed by atoms with Crippen molar-refractivity contribution in [3.05, 3.63) is 0 Å². The highest BCUT2D eigenvalue weighted by Crippen LogP contribution is 2.34. The van der Waals surface area contributed by atoms with E-state index >= 15 is 0 Å². The molecule has 0 aromatic carbocycles. The molecule has 0 spiro atoms. The molecule has 24 heavy (non-hydrogen) atoms. The van der Waals surface area contributed by atoms with E-state index in [4.69, 9.17) is 0 Å². The highest BCUT2D eigenvalue weighted by atomic mass is 16.4. The van der Waals surface area contributed by atoms with E-state index in [1.54, 1.807) is 0 Å². The molecule has 0 amide bonds. The summed E-state index contributed by atoms with van der Waals surface area (Å²) in [5.74, 6) is -1.66. The molecule has 2 aliphatic rings. The number of rotatable bonds is 6. The predicted octanol–water partition coefficient (Wildman–Crippen LogP) is 0.795. The molecular weight excluding hydrogens is 310 g/mol. The van der Waals surface area contributed by atoms with Gasteiger partial charge in [-0.05, 0) is 33.4 Å². The molecule has 1 heterocycles. The minimum absolute atomic E-state index is 0.0255. The highest BCUT2D eigenvalue weighted by Gasteiger charge is 2.46. The van der Waals surface area contributed by atoms with Crippen molar-refractivity contribution in [1.29, 1.82) is 0 Å². The van der Waals surface area contributed by atoms with Gasteiger partial charge in [0, 0.05) is 30.7 Å². The summed E-state index contributed by atoms with van der Waals surface area (Å²) in [5.41, 5.74) is -0.347. The van der Waals surface area contributed by atoms with Crippen LogP contribution in [0.3, 0.4) is 0 Å². The third-order valence-electron chi connectivity index (χ3n) is 5.95. The largest absolute Gasteiger partial charge is 0.480 e. The van der Waals surface area contributed by atoms with Gasteiger partial charge in [0.1, 0.15) is 0 Å². The average molecular weight is 341 g/mol. The molecule has 2 N–H and O–H groups in total. The number of nitrogens with zero attached hydrogens (tertiary/aromatic N) is 3. The summed E-state index contributed by atoms with van der Waals surface area (Å²) in [6.45, 7) is 3.44. The lowest BCUT2D eigenvalue weighted by Gasteiger charge is -2.43. The first-order valence-corrected chi connectivity index (χ1v) is 8.88. The molecule has 0 radical (unpaired) electrons. The first-order valence-electron chi connectivity index (χ1n) is 8.88. The molecule has 1 saturated heterocycles. The van der Waals surface area contributed by atoms with E-state index in [0.717, 1.165) is 32.2 Å². The maximum atomic E-state index is 11.4. The summed E-state index contributed by atoms with van der Waals surface area (Å²) in [5, 5.41) is 18.6. The lowest BCUT2D eigenvalue weighted by atomic mass is 9.88. The van der Waals surface area contributed by atoms with Crippen molar-refractivity contribution in [3.8, 4) is 0 Å². The Kier molecular flexibility index (Phi) is 6.22. The van der Waals surface area contributed by atoms with E-state index in [1.807, 2.05) is 11.9 Å². The van der Waals surface area contributed by atoms with Crippen molar-refractivity contribution in [1.82, 2.24) is 14.7 Å². The first-order chi connectivity index (χ1) is 11.3. The van der Waals surface area contributed by atoms with Crippen LogP contribution in [0.15, 0.2) is 0 Å². The monoisotopic (exact) mass is 341 g/mol. The Morgan fingerprint density at radius 3 is 2.29 bits per heavy atom. The fourth-order valence-electron chi connectivity index (χ4n) is 4.61. The maximum Gasteiger partial charge on any atom is 0.317 e. The van der Waals surface area contributed by atoms with Crippen LogP contribution in [0, 0.1) is 0 Å². The molecule has 0 aromatic heterocycles. The van der Waals surface area contributed by atoms with Crippen LogP contribution in [-0.4, -0.2) is 94.7 Å². The van der Waals surface area contributed by atoms with Crippen LogP contribution in [0.4, 0.5) is 0 Å². The zero-order chi connectivity index (χ0) is 17.9. The van der Waals surface area contributed by atoms with Gasteiger partial charge < -0.3 is 10.2 Å². The first kappa shape index (κ1) is 19.1. The minimum Gasteiger partial charge on any atom is -0.480 e. The molecule has 1 aliphatic heterocycles. The summed E-state index contributed by atoms with van der Waals surface area (Å²) in [7, 11) is 3.95. The standard InChI is InChI=1S/C17H31N3O4/c1-4-17(19(3)9-15(21)22)11-18(2)13-7-5-6-8-14(13)20(12-17)10-16(23)24/h13-14H,4-12H2,1-3H3,(H,21,22)(H,23,24)/t13-,14-,17?/m0/s1. The summed E-state index contributed by atoms with van der Waals surface area (Å²) < 4.78 is 0. The van der Waals surface area contributed by atoms with E-state index in [9.17, 15) is 19.8 Å². The van der Waals surface area contributed by atoms with Crippen molar-refractivity contribution in [2.45, 2.75) is 56.7 Å². The summed E-state index contributed by atoms with van der Waals surface area (Å²) in [6, 6.07) is 0.594. The van der Waals surface area contributed by atoms with E-state index in [1.165, 1.54) is 6.42 Å². The lowest BCUT2D eigenvalue weighted by Crippen LogP contribution is -2.59. The van der Waals surface area contributed by atoms with Gasteiger partial charge in [-0.3, -0.25) is 24.3 Å². The van der Waals surface area contributed by atoms with Crippen LogP contribution in [-0.2, 0) is 9.59 Å². The number of hydrogen-bond donors (Lipinski definition) is 2. The van der Waals surface area contributed by atoms with E-state index in [-0.39, 0.29) is 24.7 Å². The fourth-order valence-corrected chi connectivity index (χ4v) is 4.61. The van der Waals surface area contributed by atoms with Crippen LogP contribution >= 0.6 is 0 Å². The third-order valence-corrected chi connectivity index (χ3v) is 5.95. The molecule has 0 bridgehead atoms. The molecular formula is C17H31N3O4. The van der Waals surface area contributed by atoms with Gasteiger partial charge in [0.25, 0.3) is 0 Å². The Morgan fingerprint density at radius 1 is 1.12 bits per heavy atom. The summed E-state index contributed by atoms with van der Waals surface area (Å²) in [4.78, 5) is 29.0. The van der Waals surface area contributed by atoms with E-state index in [2.05, 4.69) is 23.8 Å². The lowest BCUT2D eigenvalue weighted by molar-refractivity contribution is -0.142. The Balaban J connectivity index is 2.34. The number of carbonyl (C=O) groups is 2. The predicted molar refractivity (Wildman–Crippen MR) is 91.2 cm³/mol. The number of fused-ring (bicyclic) bond motifs is 1. The van der Waals surface area contributed by atoms with Gasteiger partial charge in [0.15, 0.2) is 0 Å². The van der Waals surface area contributed by atoms with Crippen molar-refractivity contribution in [3.63, 3.8) is 0 Å². The molecule has 1 saturated carbocycles. The Bertz CT molecular complexity index is 473. The van der Waals surface area contributed by atoms with Crippen molar-refractivity contribution in [2.75, 3.05) is 40.3 Å². The number of carboxylic acids is 2. The van der Waals surface area contributed by atoms with Crippen LogP contribution in [0.25, 0.3) is 0 Å². The molecule has 3 atom stereocenters. The van der Waals surface area contributed by atoms with Gasteiger partial charge in [-0.2, -0.15) is 0 Å². The zero-order valence-corrected chi connectivity index (χ0v) is 15.1. The van der Waals surface area contributed by atoms with Gasteiger partial charge >= 0.3 is 11.9 Å². The SMILES string of the molecule is CCC1(N(C)CC(=O)O)CN(C)[C@H]2CCCC[C@@H]2N(CC(=O)O)C1. The molecule has 7 nitrogen and oxygen atoms in total. The van der Waals surface area contributed by atoms with Crippen molar-refractivity contribution < 1.29 is 19.8 Å². The quantitative estimate of drug-likeness (QED) is 0.739. The molecule has 0 aromatic rings. The van der Waals surface area contributed by atoms with Gasteiger partial charge in [-0.25, -0.2) is 0 Å². The molecule has 2 fully saturated rings. The van der Waals surface area contributed by atoms with Gasteiger partial charge in [-0.1, -0.05) is 19.8 Å². The number of likely N-dealkylation sites (N-methyl/N-ethyl adjacent to an activating group) is 2. The van der Waals surface area contributed by atoms with Crippen molar-refractivity contribution in [2.24, 2.45) is 0 Å². The Hall–Kier alpha value is -1.18. The second-order valence-electron chi connectivity index (χ2n) is 7.46. The second kappa shape index (κ2) is 7.80. The molecule has 1 aliphatic carbocycles. The summed E-state index contributed by atoms with van der Waals surface area (Å²) >= 11 is 0. The van der Waals surface area contributed by atoms with Crippen LogP contribution in [0.1, 0.15) is 39.0 Å². The normalized spacial score (nSPS) is 32.3. The Morgan fingerprint density at radius 2 is 1.75 bits per heavy atom. The fraction of sp³-hybridized carbons (Fsp3) is 0.882.